The van der Waals surface area contributed by atoms with Gasteiger partial charge >= 0.3 is 0 Å². The van der Waals surface area contributed by atoms with Crippen molar-refractivity contribution in [3.8, 4) is 17.2 Å². The number of hydrogen-bond acceptors (Lipinski definition) is 6. The fraction of sp³-hybridized carbons (Fsp3) is 0.269. The smallest absolute Gasteiger partial charge is 0.262 e. The van der Waals surface area contributed by atoms with Crippen molar-refractivity contribution in [2.24, 2.45) is 0 Å². The summed E-state index contributed by atoms with van der Waals surface area (Å²) in [6.45, 7) is 3.89. The minimum atomic E-state index is -3.70. The van der Waals surface area contributed by atoms with Gasteiger partial charge in [0.15, 0.2) is 18.1 Å². The summed E-state index contributed by atoms with van der Waals surface area (Å²) in [5.41, 5.74) is 3.64. The molecule has 0 saturated carbocycles. The van der Waals surface area contributed by atoms with Crippen molar-refractivity contribution in [3.05, 3.63) is 77.4 Å². The number of ether oxygens (including phenoxy) is 3. The number of benzene rings is 3. The summed E-state index contributed by atoms with van der Waals surface area (Å²) < 4.78 is 43.8. The van der Waals surface area contributed by atoms with Crippen LogP contribution in [0.3, 0.4) is 0 Å². The van der Waals surface area contributed by atoms with Gasteiger partial charge in [-0.15, -0.1) is 0 Å². The summed E-state index contributed by atoms with van der Waals surface area (Å²) in [6, 6.07) is 17.2. The van der Waals surface area contributed by atoms with Gasteiger partial charge in [0, 0.05) is 12.2 Å². The van der Waals surface area contributed by atoms with Gasteiger partial charge in [-0.3, -0.25) is 4.79 Å². The molecule has 3 rings (SSSR count). The Morgan fingerprint density at radius 1 is 0.886 bits per heavy atom. The number of amides is 1. The third-order valence-electron chi connectivity index (χ3n) is 5.32. The Morgan fingerprint density at radius 2 is 1.60 bits per heavy atom. The van der Waals surface area contributed by atoms with Crippen LogP contribution in [0.15, 0.2) is 65.6 Å². The van der Waals surface area contributed by atoms with Crippen molar-refractivity contribution in [1.82, 2.24) is 4.72 Å². The quantitative estimate of drug-likeness (QED) is 0.416. The van der Waals surface area contributed by atoms with E-state index in [1.54, 1.807) is 20.3 Å². The van der Waals surface area contributed by atoms with E-state index in [0.29, 0.717) is 23.7 Å². The summed E-state index contributed by atoms with van der Waals surface area (Å²) in [5, 5.41) is 2.82. The van der Waals surface area contributed by atoms with Crippen molar-refractivity contribution < 1.29 is 27.4 Å². The lowest BCUT2D eigenvalue weighted by Gasteiger charge is -2.11. The minimum Gasteiger partial charge on any atom is -0.493 e. The molecule has 3 aromatic carbocycles. The van der Waals surface area contributed by atoms with Gasteiger partial charge in [0.2, 0.25) is 10.0 Å². The Bertz CT molecular complexity index is 1270. The average molecular weight is 499 g/mol. The van der Waals surface area contributed by atoms with Gasteiger partial charge in [-0.2, -0.15) is 0 Å². The molecule has 0 aliphatic carbocycles. The molecule has 1 amide bonds. The first-order valence-corrected chi connectivity index (χ1v) is 12.5. The number of carbonyl (C=O) groups is 1. The van der Waals surface area contributed by atoms with Gasteiger partial charge in [-0.1, -0.05) is 18.2 Å². The maximum Gasteiger partial charge on any atom is 0.262 e. The molecule has 0 unspecified atom stereocenters. The molecule has 0 aromatic heterocycles. The Balaban J connectivity index is 1.51. The fourth-order valence-electron chi connectivity index (χ4n) is 3.37. The Morgan fingerprint density at radius 3 is 2.29 bits per heavy atom. The maximum atomic E-state index is 12.6. The van der Waals surface area contributed by atoms with Gasteiger partial charge in [-0.05, 0) is 79.4 Å². The highest BCUT2D eigenvalue weighted by Gasteiger charge is 2.14. The van der Waals surface area contributed by atoms with E-state index in [9.17, 15) is 13.2 Å². The molecule has 9 heteroatoms. The highest BCUT2D eigenvalue weighted by Crippen LogP contribution is 2.27. The molecule has 0 fully saturated rings. The van der Waals surface area contributed by atoms with E-state index in [4.69, 9.17) is 14.2 Å². The first kappa shape index (κ1) is 26.1. The van der Waals surface area contributed by atoms with Crippen LogP contribution in [0.2, 0.25) is 0 Å². The predicted molar refractivity (Wildman–Crippen MR) is 135 cm³/mol. The van der Waals surface area contributed by atoms with Crippen LogP contribution in [0.5, 0.6) is 17.2 Å². The van der Waals surface area contributed by atoms with Crippen LogP contribution >= 0.6 is 0 Å². The standard InChI is InChI=1S/C26H30N2O6S/c1-18-5-6-19(2)23(15-18)28-26(29)17-34-21-8-10-22(11-9-21)35(30,31)27-14-13-20-7-12-24(32-3)25(16-20)33-4/h5-12,15-16,27H,13-14,17H2,1-4H3,(H,28,29). The number of hydrogen-bond donors (Lipinski definition) is 2. The molecule has 3 aromatic rings. The second-order valence-corrected chi connectivity index (χ2v) is 9.73. The molecular formula is C26H30N2O6S. The van der Waals surface area contributed by atoms with E-state index in [1.165, 1.54) is 24.3 Å². The predicted octanol–water partition coefficient (Wildman–Crippen LogP) is 3.86. The molecule has 0 bridgehead atoms. The maximum absolute atomic E-state index is 12.6. The number of anilines is 1. The van der Waals surface area contributed by atoms with Crippen LogP contribution in [-0.4, -0.2) is 41.7 Å². The van der Waals surface area contributed by atoms with Gasteiger partial charge in [0.1, 0.15) is 5.75 Å². The average Bonchev–Trinajstić information content (AvgIpc) is 2.85. The molecule has 186 valence electrons. The zero-order valence-corrected chi connectivity index (χ0v) is 21.1. The van der Waals surface area contributed by atoms with Crippen molar-refractivity contribution in [3.63, 3.8) is 0 Å². The number of nitrogens with one attached hydrogen (secondary N) is 2. The van der Waals surface area contributed by atoms with Gasteiger partial charge in [0.25, 0.3) is 5.91 Å². The summed E-state index contributed by atoms with van der Waals surface area (Å²) >= 11 is 0. The normalized spacial score (nSPS) is 11.1. The van der Waals surface area contributed by atoms with E-state index in [-0.39, 0.29) is 24.0 Å². The zero-order chi connectivity index (χ0) is 25.4. The van der Waals surface area contributed by atoms with Gasteiger partial charge in [0.05, 0.1) is 19.1 Å². The molecule has 0 radical (unpaired) electrons. The number of methoxy groups -OCH3 is 2. The lowest BCUT2D eigenvalue weighted by atomic mass is 10.1. The number of sulfonamides is 1. The number of aryl methyl sites for hydroxylation is 2. The Hall–Kier alpha value is -3.56. The van der Waals surface area contributed by atoms with E-state index >= 15 is 0 Å². The first-order chi connectivity index (χ1) is 16.7. The van der Waals surface area contributed by atoms with Crippen molar-refractivity contribution >= 4 is 21.6 Å². The molecule has 0 atom stereocenters. The van der Waals surface area contributed by atoms with Crippen molar-refractivity contribution in [2.45, 2.75) is 25.2 Å². The molecular weight excluding hydrogens is 468 g/mol. The molecule has 0 heterocycles. The molecule has 0 aliphatic heterocycles. The molecule has 0 spiro atoms. The number of rotatable bonds is 11. The van der Waals surface area contributed by atoms with E-state index < -0.39 is 10.0 Å². The van der Waals surface area contributed by atoms with Crippen LogP contribution in [0.4, 0.5) is 5.69 Å². The molecule has 8 nitrogen and oxygen atoms in total. The van der Waals surface area contributed by atoms with Crippen LogP contribution in [-0.2, 0) is 21.2 Å². The second-order valence-electron chi connectivity index (χ2n) is 7.96. The summed E-state index contributed by atoms with van der Waals surface area (Å²) in [4.78, 5) is 12.3. The molecule has 0 saturated heterocycles. The number of carbonyl (C=O) groups excluding carboxylic acids is 1. The van der Waals surface area contributed by atoms with Gasteiger partial charge in [-0.25, -0.2) is 13.1 Å². The highest BCUT2D eigenvalue weighted by molar-refractivity contribution is 7.89. The lowest BCUT2D eigenvalue weighted by molar-refractivity contribution is -0.118. The lowest BCUT2D eigenvalue weighted by Crippen LogP contribution is -2.26. The SMILES string of the molecule is COc1ccc(CCNS(=O)(=O)c2ccc(OCC(=O)Nc3cc(C)ccc3C)cc2)cc1OC. The summed E-state index contributed by atoms with van der Waals surface area (Å²) in [6.07, 6.45) is 0.482. The first-order valence-electron chi connectivity index (χ1n) is 11.0. The Labute approximate surface area is 206 Å². The largest absolute Gasteiger partial charge is 0.493 e. The van der Waals surface area contributed by atoms with E-state index in [0.717, 1.165) is 22.4 Å². The van der Waals surface area contributed by atoms with Crippen LogP contribution in [0.1, 0.15) is 16.7 Å². The van der Waals surface area contributed by atoms with Crippen LogP contribution < -0.4 is 24.2 Å². The third kappa shape index (κ3) is 7.21. The minimum absolute atomic E-state index is 0.108. The van der Waals surface area contributed by atoms with Crippen LogP contribution in [0, 0.1) is 13.8 Å². The highest BCUT2D eigenvalue weighted by atomic mass is 32.2. The van der Waals surface area contributed by atoms with E-state index in [1.807, 2.05) is 44.2 Å². The van der Waals surface area contributed by atoms with E-state index in [2.05, 4.69) is 10.0 Å². The molecule has 2 N–H and O–H groups in total. The second kappa shape index (κ2) is 11.7. The van der Waals surface area contributed by atoms with Crippen molar-refractivity contribution in [2.75, 3.05) is 32.7 Å². The summed E-state index contributed by atoms with van der Waals surface area (Å²) in [5.74, 6) is 1.30. The third-order valence-corrected chi connectivity index (χ3v) is 6.80. The van der Waals surface area contributed by atoms with Gasteiger partial charge < -0.3 is 19.5 Å². The summed E-state index contributed by atoms with van der Waals surface area (Å²) in [7, 11) is -0.588. The topological polar surface area (TPSA) is 103 Å². The molecule has 0 aliphatic rings. The Kier molecular flexibility index (Phi) is 8.73. The fourth-order valence-corrected chi connectivity index (χ4v) is 4.40. The van der Waals surface area contributed by atoms with Crippen LogP contribution in [0.25, 0.3) is 0 Å². The van der Waals surface area contributed by atoms with Crippen molar-refractivity contribution in [1.29, 1.82) is 0 Å². The monoisotopic (exact) mass is 498 g/mol. The molecule has 35 heavy (non-hydrogen) atoms. The zero-order valence-electron chi connectivity index (χ0n) is 20.3.